The van der Waals surface area contributed by atoms with Crippen molar-refractivity contribution in [3.05, 3.63) is 29.1 Å². The molecule has 0 atom stereocenters. The van der Waals surface area contributed by atoms with Crippen LogP contribution in [0.1, 0.15) is 11.1 Å². The summed E-state index contributed by atoms with van der Waals surface area (Å²) in [5, 5.41) is 0. The van der Waals surface area contributed by atoms with Gasteiger partial charge in [-0.2, -0.15) is 13.2 Å². The molecule has 1 aromatic carbocycles. The maximum atomic E-state index is 13.1. The zero-order chi connectivity index (χ0) is 12.7. The van der Waals surface area contributed by atoms with Crippen molar-refractivity contribution in [1.29, 1.82) is 0 Å². The van der Waals surface area contributed by atoms with E-state index in [2.05, 4.69) is 0 Å². The number of hydrogen-bond acceptors (Lipinski definition) is 0. The molecule has 0 nitrogen and oxygen atoms in total. The summed E-state index contributed by atoms with van der Waals surface area (Å²) in [6.45, 7) is -4.83. The van der Waals surface area contributed by atoms with Crippen molar-refractivity contribution in [2.75, 3.05) is 0 Å². The van der Waals surface area contributed by atoms with E-state index >= 15 is 0 Å². The van der Waals surface area contributed by atoms with Crippen LogP contribution in [0, 0.1) is 12.7 Å². The molecular weight excluding hydrogens is 240 g/mol. The van der Waals surface area contributed by atoms with Crippen LogP contribution in [-0.2, 0) is 6.18 Å². The maximum absolute atomic E-state index is 13.1. The summed E-state index contributed by atoms with van der Waals surface area (Å²) in [5.74, 6) is -1.87. The van der Waals surface area contributed by atoms with Gasteiger partial charge in [-0.15, -0.1) is 5.46 Å². The number of halogens is 7. The number of alkyl halides is 3. The molecule has 0 N–H and O–H groups in total. The molecule has 0 heterocycles. The Balaban J connectivity index is 3.41. The summed E-state index contributed by atoms with van der Waals surface area (Å²) in [7, 11) is 0. The second-order valence-electron chi connectivity index (χ2n) is 3.21. The third-order valence-electron chi connectivity index (χ3n) is 2.09. The summed E-state index contributed by atoms with van der Waals surface area (Å²) < 4.78 is 86.3. The largest absolute Gasteiger partial charge is 0.509 e. The highest BCUT2D eigenvalue weighted by atomic mass is 19.4. The molecule has 8 heteroatoms. The standard InChI is InChI=1S/C8H5BF7/c1-4-6(9(14,15)16)3-2-5(7(4)10)8(11,12)13/h2-3H,1H3/q-1. The first-order chi connectivity index (χ1) is 7.05. The second-order valence-corrected chi connectivity index (χ2v) is 3.21. The second kappa shape index (κ2) is 3.67. The smallest absolute Gasteiger partial charge is 0.445 e. The van der Waals surface area contributed by atoms with Crippen molar-refractivity contribution in [2.24, 2.45) is 0 Å². The van der Waals surface area contributed by atoms with Crippen LogP contribution in [0.4, 0.5) is 30.5 Å². The number of benzene rings is 1. The summed E-state index contributed by atoms with van der Waals surface area (Å²) >= 11 is 0. The van der Waals surface area contributed by atoms with Crippen LogP contribution in [0.15, 0.2) is 12.1 Å². The highest BCUT2D eigenvalue weighted by molar-refractivity contribution is 6.74. The minimum absolute atomic E-state index is 0.104. The SMILES string of the molecule is Cc1c([B-](F)(F)F)ccc(C(F)(F)F)c1F. The van der Waals surface area contributed by atoms with E-state index in [9.17, 15) is 30.5 Å². The van der Waals surface area contributed by atoms with Crippen molar-refractivity contribution in [3.8, 4) is 0 Å². The predicted molar refractivity (Wildman–Crippen MR) is 44.9 cm³/mol. The van der Waals surface area contributed by atoms with Gasteiger partial charge in [-0.1, -0.05) is 6.07 Å². The van der Waals surface area contributed by atoms with Gasteiger partial charge in [-0.3, -0.25) is 0 Å². The monoisotopic (exact) mass is 245 g/mol. The van der Waals surface area contributed by atoms with Crippen LogP contribution in [0.5, 0.6) is 0 Å². The first-order valence-corrected chi connectivity index (χ1v) is 4.11. The third kappa shape index (κ3) is 2.30. The average Bonchev–Trinajstić information content (AvgIpc) is 2.05. The van der Waals surface area contributed by atoms with Gasteiger partial charge in [0, 0.05) is 0 Å². The molecule has 0 bridgehead atoms. The first kappa shape index (κ1) is 12.9. The van der Waals surface area contributed by atoms with Gasteiger partial charge in [-0.25, -0.2) is 4.39 Å². The third-order valence-corrected chi connectivity index (χ3v) is 2.09. The normalized spacial score (nSPS) is 13.0. The molecule has 0 aromatic heterocycles. The van der Waals surface area contributed by atoms with E-state index in [1.54, 1.807) is 0 Å². The van der Waals surface area contributed by atoms with Gasteiger partial charge >= 0.3 is 13.2 Å². The molecule has 0 saturated heterocycles. The Morgan fingerprint density at radius 1 is 1.06 bits per heavy atom. The molecule has 0 aliphatic rings. The first-order valence-electron chi connectivity index (χ1n) is 4.11. The van der Waals surface area contributed by atoms with Gasteiger partial charge in [0.1, 0.15) is 5.82 Å². The summed E-state index contributed by atoms with van der Waals surface area (Å²) in [5.41, 5.74) is -4.05. The molecule has 0 aliphatic carbocycles. The van der Waals surface area contributed by atoms with Crippen molar-refractivity contribution in [2.45, 2.75) is 13.1 Å². The summed E-state index contributed by atoms with van der Waals surface area (Å²) in [4.78, 5) is 0. The topological polar surface area (TPSA) is 0 Å². The van der Waals surface area contributed by atoms with E-state index in [-0.39, 0.29) is 12.1 Å². The molecular formula is C8H5BF7-. The van der Waals surface area contributed by atoms with Gasteiger partial charge in [0.05, 0.1) is 5.56 Å². The Labute approximate surface area is 86.1 Å². The lowest BCUT2D eigenvalue weighted by atomic mass is 9.76. The Hall–Kier alpha value is -1.21. The van der Waals surface area contributed by atoms with Crippen molar-refractivity contribution >= 4 is 12.4 Å². The molecule has 16 heavy (non-hydrogen) atoms. The zero-order valence-corrected chi connectivity index (χ0v) is 7.88. The molecule has 0 fully saturated rings. The minimum Gasteiger partial charge on any atom is -0.445 e. The molecule has 0 spiro atoms. The molecule has 90 valence electrons. The van der Waals surface area contributed by atoms with Gasteiger partial charge < -0.3 is 12.9 Å². The molecule has 0 unspecified atom stereocenters. The van der Waals surface area contributed by atoms with Crippen molar-refractivity contribution in [3.63, 3.8) is 0 Å². The molecule has 1 aromatic rings. The van der Waals surface area contributed by atoms with E-state index in [0.29, 0.717) is 6.92 Å². The lowest BCUT2D eigenvalue weighted by Gasteiger charge is -2.20. The van der Waals surface area contributed by atoms with E-state index in [0.717, 1.165) is 0 Å². The van der Waals surface area contributed by atoms with Crippen LogP contribution >= 0.6 is 0 Å². The Morgan fingerprint density at radius 3 is 1.94 bits per heavy atom. The lowest BCUT2D eigenvalue weighted by molar-refractivity contribution is -0.140. The molecule has 0 aliphatic heterocycles. The lowest BCUT2D eigenvalue weighted by Crippen LogP contribution is -2.37. The number of hydrogen-bond donors (Lipinski definition) is 0. The predicted octanol–water partition coefficient (Wildman–Crippen LogP) is 3.21. The fourth-order valence-electron chi connectivity index (χ4n) is 1.27. The van der Waals surface area contributed by atoms with E-state index in [1.165, 1.54) is 0 Å². The highest BCUT2D eigenvalue weighted by Gasteiger charge is 2.37. The van der Waals surface area contributed by atoms with Crippen LogP contribution in [-0.4, -0.2) is 6.98 Å². The summed E-state index contributed by atoms with van der Waals surface area (Å²) in [6, 6.07) is 0.355. The molecule has 0 saturated carbocycles. The highest BCUT2D eigenvalue weighted by Crippen LogP contribution is 2.32. The van der Waals surface area contributed by atoms with Gasteiger partial charge in [-0.05, 0) is 18.6 Å². The summed E-state index contributed by atoms with van der Waals surface area (Å²) in [6.07, 6.45) is -4.99. The van der Waals surface area contributed by atoms with Crippen molar-refractivity contribution in [1.82, 2.24) is 0 Å². The Kier molecular flexibility index (Phi) is 2.95. The van der Waals surface area contributed by atoms with Crippen LogP contribution in [0.25, 0.3) is 0 Å². The maximum Gasteiger partial charge on any atom is 0.509 e. The molecule has 0 amide bonds. The van der Waals surface area contributed by atoms with Gasteiger partial charge in [0.15, 0.2) is 0 Å². The van der Waals surface area contributed by atoms with Crippen molar-refractivity contribution < 1.29 is 30.5 Å². The van der Waals surface area contributed by atoms with Gasteiger partial charge in [0.2, 0.25) is 0 Å². The van der Waals surface area contributed by atoms with Crippen LogP contribution < -0.4 is 5.46 Å². The van der Waals surface area contributed by atoms with Gasteiger partial charge in [0.25, 0.3) is 0 Å². The fourth-order valence-corrected chi connectivity index (χ4v) is 1.27. The zero-order valence-electron chi connectivity index (χ0n) is 7.88. The Morgan fingerprint density at radius 2 is 1.56 bits per heavy atom. The van der Waals surface area contributed by atoms with Crippen LogP contribution in [0.2, 0.25) is 0 Å². The fraction of sp³-hybridized carbons (Fsp3) is 0.250. The molecule has 1 rings (SSSR count). The minimum atomic E-state index is -5.51. The number of rotatable bonds is 1. The quantitative estimate of drug-likeness (QED) is 0.526. The molecule has 0 radical (unpaired) electrons. The van der Waals surface area contributed by atoms with E-state index in [4.69, 9.17) is 0 Å². The Bertz CT molecular complexity index is 365. The van der Waals surface area contributed by atoms with E-state index < -0.39 is 35.6 Å². The van der Waals surface area contributed by atoms with Crippen LogP contribution in [0.3, 0.4) is 0 Å². The average molecular weight is 245 g/mol. The van der Waals surface area contributed by atoms with E-state index in [1.807, 2.05) is 0 Å².